The van der Waals surface area contributed by atoms with Crippen molar-refractivity contribution < 1.29 is 14.3 Å². The number of nitrogens with zero attached hydrogens (tertiary/aromatic N) is 2. The predicted octanol–water partition coefficient (Wildman–Crippen LogP) is 4.09. The highest BCUT2D eigenvalue weighted by atomic mass is 16.5. The van der Waals surface area contributed by atoms with E-state index in [0.717, 1.165) is 34.6 Å². The first-order valence-electron chi connectivity index (χ1n) is 9.88. The van der Waals surface area contributed by atoms with Crippen LogP contribution in [0.15, 0.2) is 48.5 Å². The normalized spacial score (nSPS) is 11.1. The molecule has 6 heteroatoms. The van der Waals surface area contributed by atoms with E-state index < -0.39 is 0 Å². The van der Waals surface area contributed by atoms with Gasteiger partial charge in [-0.3, -0.25) is 4.79 Å². The summed E-state index contributed by atoms with van der Waals surface area (Å²) in [6, 6.07) is 13.6. The van der Waals surface area contributed by atoms with Crippen LogP contribution >= 0.6 is 0 Å². The van der Waals surface area contributed by atoms with Crippen molar-refractivity contribution in [1.29, 1.82) is 0 Å². The first-order chi connectivity index (χ1) is 14.1. The lowest BCUT2D eigenvalue weighted by molar-refractivity contribution is -0.116. The van der Waals surface area contributed by atoms with Gasteiger partial charge in [0.05, 0.1) is 30.8 Å². The maximum absolute atomic E-state index is 12.2. The zero-order chi connectivity index (χ0) is 20.6. The highest BCUT2D eigenvalue weighted by Crippen LogP contribution is 2.29. The Kier molecular flexibility index (Phi) is 6.89. The molecule has 0 atom stereocenters. The Morgan fingerprint density at radius 1 is 1.14 bits per heavy atom. The molecule has 1 aromatic heterocycles. The summed E-state index contributed by atoms with van der Waals surface area (Å²) in [5, 5.41) is 2.89. The molecule has 0 saturated carbocycles. The lowest BCUT2D eigenvalue weighted by Crippen LogP contribution is -2.22. The van der Waals surface area contributed by atoms with E-state index in [2.05, 4.69) is 17.2 Å². The van der Waals surface area contributed by atoms with E-state index in [9.17, 15) is 4.79 Å². The number of hydrogen-bond acceptors (Lipinski definition) is 4. The number of hydrogen-bond donors (Lipinski definition) is 1. The summed E-state index contributed by atoms with van der Waals surface area (Å²) in [5.74, 6) is 2.03. The van der Waals surface area contributed by atoms with Crippen LogP contribution < -0.4 is 14.8 Å². The predicted molar refractivity (Wildman–Crippen MR) is 115 cm³/mol. The van der Waals surface area contributed by atoms with Gasteiger partial charge in [0.15, 0.2) is 11.5 Å². The van der Waals surface area contributed by atoms with Gasteiger partial charge in [0.25, 0.3) is 0 Å². The monoisotopic (exact) mass is 393 g/mol. The Labute approximate surface area is 171 Å². The van der Waals surface area contributed by atoms with Gasteiger partial charge < -0.3 is 19.4 Å². The van der Waals surface area contributed by atoms with Crippen LogP contribution in [0.25, 0.3) is 17.1 Å². The van der Waals surface area contributed by atoms with Crippen molar-refractivity contribution in [3.05, 3.63) is 59.9 Å². The maximum atomic E-state index is 12.2. The van der Waals surface area contributed by atoms with Crippen molar-refractivity contribution in [3.63, 3.8) is 0 Å². The van der Waals surface area contributed by atoms with Gasteiger partial charge in [-0.25, -0.2) is 4.98 Å². The molecular weight excluding hydrogens is 366 g/mol. The van der Waals surface area contributed by atoms with Gasteiger partial charge >= 0.3 is 0 Å². The van der Waals surface area contributed by atoms with E-state index in [0.29, 0.717) is 25.5 Å². The van der Waals surface area contributed by atoms with Crippen molar-refractivity contribution >= 4 is 23.0 Å². The second kappa shape index (κ2) is 9.78. The molecule has 0 radical (unpaired) electrons. The van der Waals surface area contributed by atoms with Crippen LogP contribution in [0.1, 0.15) is 31.7 Å². The topological polar surface area (TPSA) is 65.4 Å². The molecule has 1 heterocycles. The number of carbonyl (C=O) groups is 1. The number of fused-ring (bicyclic) bond motifs is 1. The number of benzene rings is 2. The minimum absolute atomic E-state index is 0.179. The molecule has 1 N–H and O–H groups in total. The van der Waals surface area contributed by atoms with Gasteiger partial charge in [-0.2, -0.15) is 0 Å². The Hall–Kier alpha value is -3.28. The third kappa shape index (κ3) is 5.16. The summed E-state index contributed by atoms with van der Waals surface area (Å²) in [5.41, 5.74) is 2.83. The molecule has 2 aromatic carbocycles. The van der Waals surface area contributed by atoms with E-state index >= 15 is 0 Å². The van der Waals surface area contributed by atoms with E-state index in [1.165, 1.54) is 6.08 Å². The molecule has 0 aliphatic carbocycles. The number of rotatable bonds is 9. The van der Waals surface area contributed by atoms with E-state index in [4.69, 9.17) is 9.47 Å². The van der Waals surface area contributed by atoms with E-state index in [-0.39, 0.29) is 5.91 Å². The Bertz CT molecular complexity index is 1010. The van der Waals surface area contributed by atoms with Gasteiger partial charge in [0.1, 0.15) is 5.82 Å². The van der Waals surface area contributed by atoms with Gasteiger partial charge in [-0.05, 0) is 49.2 Å². The fourth-order valence-corrected chi connectivity index (χ4v) is 2.98. The van der Waals surface area contributed by atoms with E-state index in [1.807, 2.05) is 61.0 Å². The van der Waals surface area contributed by atoms with Crippen LogP contribution in [0.2, 0.25) is 0 Å². The minimum atomic E-state index is -0.179. The third-order valence-electron chi connectivity index (χ3n) is 4.46. The van der Waals surface area contributed by atoms with Crippen molar-refractivity contribution in [1.82, 2.24) is 14.9 Å². The molecule has 3 rings (SSSR count). The number of imidazole rings is 1. The smallest absolute Gasteiger partial charge is 0.244 e. The molecule has 29 heavy (non-hydrogen) atoms. The fraction of sp³-hybridized carbons (Fsp3) is 0.304. The molecule has 0 aliphatic heterocycles. The minimum Gasteiger partial charge on any atom is -0.490 e. The van der Waals surface area contributed by atoms with Gasteiger partial charge in [0.2, 0.25) is 5.91 Å². The number of para-hydroxylation sites is 2. The zero-order valence-electron chi connectivity index (χ0n) is 17.1. The Morgan fingerprint density at radius 2 is 1.97 bits per heavy atom. The van der Waals surface area contributed by atoms with Gasteiger partial charge in [-0.15, -0.1) is 0 Å². The molecule has 0 fully saturated rings. The first-order valence-corrected chi connectivity index (χ1v) is 9.88. The van der Waals surface area contributed by atoms with Crippen LogP contribution in [-0.4, -0.2) is 28.7 Å². The quantitative estimate of drug-likeness (QED) is 0.556. The SMILES string of the molecule is CCCOc1ccc(/C=C/C(=O)NCc2nc3ccccc3n2C)cc1OCC. The number of aryl methyl sites for hydroxylation is 1. The summed E-state index contributed by atoms with van der Waals surface area (Å²) >= 11 is 0. The van der Waals surface area contributed by atoms with Gasteiger partial charge in [-0.1, -0.05) is 25.1 Å². The number of carbonyl (C=O) groups excluding carboxylic acids is 1. The zero-order valence-corrected chi connectivity index (χ0v) is 17.1. The average molecular weight is 393 g/mol. The molecule has 0 saturated heterocycles. The second-order valence-electron chi connectivity index (χ2n) is 6.61. The second-order valence-corrected chi connectivity index (χ2v) is 6.61. The highest BCUT2D eigenvalue weighted by molar-refractivity contribution is 5.91. The van der Waals surface area contributed by atoms with Crippen LogP contribution in [0, 0.1) is 0 Å². The number of ether oxygens (including phenoxy) is 2. The van der Waals surface area contributed by atoms with Crippen molar-refractivity contribution in [2.24, 2.45) is 7.05 Å². The summed E-state index contributed by atoms with van der Waals surface area (Å²) < 4.78 is 13.4. The molecule has 1 amide bonds. The fourth-order valence-electron chi connectivity index (χ4n) is 2.98. The van der Waals surface area contributed by atoms with Gasteiger partial charge in [0, 0.05) is 13.1 Å². The summed E-state index contributed by atoms with van der Waals surface area (Å²) in [4.78, 5) is 16.8. The lowest BCUT2D eigenvalue weighted by atomic mass is 10.2. The Morgan fingerprint density at radius 3 is 2.72 bits per heavy atom. The maximum Gasteiger partial charge on any atom is 0.244 e. The first kappa shape index (κ1) is 20.5. The summed E-state index contributed by atoms with van der Waals surface area (Å²) in [6.45, 7) is 5.54. The number of nitrogens with one attached hydrogen (secondary N) is 1. The summed E-state index contributed by atoms with van der Waals surface area (Å²) in [7, 11) is 1.95. The number of amides is 1. The van der Waals surface area contributed by atoms with E-state index in [1.54, 1.807) is 6.08 Å². The van der Waals surface area contributed by atoms with Crippen molar-refractivity contribution in [2.45, 2.75) is 26.8 Å². The van der Waals surface area contributed by atoms with Crippen LogP contribution in [-0.2, 0) is 18.4 Å². The summed E-state index contributed by atoms with van der Waals surface area (Å²) in [6.07, 6.45) is 4.20. The largest absolute Gasteiger partial charge is 0.490 e. The molecular formula is C23H27N3O3. The molecule has 0 spiro atoms. The van der Waals surface area contributed by atoms with Crippen molar-refractivity contribution in [2.75, 3.05) is 13.2 Å². The molecule has 0 unspecified atom stereocenters. The molecule has 0 bridgehead atoms. The highest BCUT2D eigenvalue weighted by Gasteiger charge is 2.08. The molecule has 0 aliphatic rings. The molecule has 6 nitrogen and oxygen atoms in total. The molecule has 3 aromatic rings. The van der Waals surface area contributed by atoms with Crippen LogP contribution in [0.3, 0.4) is 0 Å². The Balaban J connectivity index is 1.63. The molecule has 152 valence electrons. The lowest BCUT2D eigenvalue weighted by Gasteiger charge is -2.12. The van der Waals surface area contributed by atoms with Crippen LogP contribution in [0.4, 0.5) is 0 Å². The van der Waals surface area contributed by atoms with Crippen LogP contribution in [0.5, 0.6) is 11.5 Å². The standard InChI is InChI=1S/C23H27N3O3/c1-4-14-29-20-12-10-17(15-21(20)28-5-2)11-13-23(27)24-16-22-25-18-8-6-7-9-19(18)26(22)3/h6-13,15H,4-5,14,16H2,1-3H3,(H,24,27)/b13-11+. The number of aromatic nitrogens is 2. The third-order valence-corrected chi connectivity index (χ3v) is 4.46. The van der Waals surface area contributed by atoms with Crippen molar-refractivity contribution in [3.8, 4) is 11.5 Å². The average Bonchev–Trinajstić information content (AvgIpc) is 3.06.